The van der Waals surface area contributed by atoms with Crippen LogP contribution >= 0.6 is 0 Å². The van der Waals surface area contributed by atoms with Crippen LogP contribution in [0.1, 0.15) is 11.6 Å². The zero-order valence-corrected chi connectivity index (χ0v) is 11.3. The standard InChI is InChI=1S/C13H19NO5/c1-17-7-6-14-12(13(15)16)10-5-4-9(18-2)8-11(10)19-3/h4-5,8,12,14H,6-7H2,1-3H3,(H,15,16). The molecule has 0 aliphatic carbocycles. The molecule has 0 radical (unpaired) electrons. The van der Waals surface area contributed by atoms with Crippen LogP contribution in [0.4, 0.5) is 0 Å². The Morgan fingerprint density at radius 3 is 2.58 bits per heavy atom. The number of carbonyl (C=O) groups is 1. The third kappa shape index (κ3) is 4.11. The third-order valence-electron chi connectivity index (χ3n) is 2.65. The Morgan fingerprint density at radius 2 is 2.05 bits per heavy atom. The fraction of sp³-hybridized carbons (Fsp3) is 0.462. The Hall–Kier alpha value is -1.79. The van der Waals surface area contributed by atoms with Crippen molar-refractivity contribution in [3.8, 4) is 11.5 Å². The highest BCUT2D eigenvalue weighted by Gasteiger charge is 2.23. The number of benzene rings is 1. The normalized spacial score (nSPS) is 11.9. The number of hydrogen-bond donors (Lipinski definition) is 2. The zero-order chi connectivity index (χ0) is 14.3. The summed E-state index contributed by atoms with van der Waals surface area (Å²) in [6.07, 6.45) is 0. The van der Waals surface area contributed by atoms with Gasteiger partial charge in [0.15, 0.2) is 0 Å². The van der Waals surface area contributed by atoms with Crippen LogP contribution in [0.5, 0.6) is 11.5 Å². The molecule has 2 N–H and O–H groups in total. The maximum atomic E-state index is 11.3. The van der Waals surface area contributed by atoms with Gasteiger partial charge in [-0.15, -0.1) is 0 Å². The molecular weight excluding hydrogens is 250 g/mol. The SMILES string of the molecule is COCCNC(C(=O)O)c1ccc(OC)cc1OC. The highest BCUT2D eigenvalue weighted by atomic mass is 16.5. The topological polar surface area (TPSA) is 77.0 Å². The number of carboxylic acids is 1. The second-order valence-electron chi connectivity index (χ2n) is 3.83. The van der Waals surface area contributed by atoms with Crippen molar-refractivity contribution in [2.75, 3.05) is 34.5 Å². The number of ether oxygens (including phenoxy) is 3. The number of rotatable bonds is 8. The molecule has 106 valence electrons. The number of hydrogen-bond acceptors (Lipinski definition) is 5. The molecule has 0 aliphatic rings. The van der Waals surface area contributed by atoms with Crippen molar-refractivity contribution in [3.05, 3.63) is 23.8 Å². The van der Waals surface area contributed by atoms with Crippen LogP contribution in [0.3, 0.4) is 0 Å². The van der Waals surface area contributed by atoms with Crippen molar-refractivity contribution < 1.29 is 24.1 Å². The van der Waals surface area contributed by atoms with Crippen molar-refractivity contribution in [2.24, 2.45) is 0 Å². The van der Waals surface area contributed by atoms with Crippen LogP contribution in [0.25, 0.3) is 0 Å². The van der Waals surface area contributed by atoms with Gasteiger partial charge in [-0.3, -0.25) is 10.1 Å². The van der Waals surface area contributed by atoms with Crippen molar-refractivity contribution in [3.63, 3.8) is 0 Å². The quantitative estimate of drug-likeness (QED) is 0.687. The predicted molar refractivity (Wildman–Crippen MR) is 69.8 cm³/mol. The Labute approximate surface area is 112 Å². The first-order valence-corrected chi connectivity index (χ1v) is 5.81. The molecule has 6 heteroatoms. The molecule has 0 aromatic heterocycles. The molecule has 1 aromatic rings. The molecular formula is C13H19NO5. The summed E-state index contributed by atoms with van der Waals surface area (Å²) >= 11 is 0. The second kappa shape index (κ2) is 7.60. The lowest BCUT2D eigenvalue weighted by molar-refractivity contribution is -0.139. The van der Waals surface area contributed by atoms with Crippen LogP contribution in [-0.4, -0.2) is 45.6 Å². The number of nitrogens with one attached hydrogen (secondary N) is 1. The monoisotopic (exact) mass is 269 g/mol. The van der Waals surface area contributed by atoms with Crippen molar-refractivity contribution >= 4 is 5.97 Å². The van der Waals surface area contributed by atoms with E-state index >= 15 is 0 Å². The summed E-state index contributed by atoms with van der Waals surface area (Å²) in [6.45, 7) is 0.866. The Morgan fingerprint density at radius 1 is 1.32 bits per heavy atom. The first kappa shape index (κ1) is 15.3. The molecule has 0 heterocycles. The summed E-state index contributed by atoms with van der Waals surface area (Å²) in [7, 11) is 4.59. The second-order valence-corrected chi connectivity index (χ2v) is 3.83. The third-order valence-corrected chi connectivity index (χ3v) is 2.65. The molecule has 0 bridgehead atoms. The summed E-state index contributed by atoms with van der Waals surface area (Å²) in [4.78, 5) is 11.3. The minimum Gasteiger partial charge on any atom is -0.497 e. The van der Waals surface area contributed by atoms with Gasteiger partial charge in [0.1, 0.15) is 17.5 Å². The van der Waals surface area contributed by atoms with Gasteiger partial charge in [0.05, 0.1) is 20.8 Å². The largest absolute Gasteiger partial charge is 0.497 e. The van der Waals surface area contributed by atoms with Gasteiger partial charge in [-0.05, 0) is 12.1 Å². The van der Waals surface area contributed by atoms with Crippen LogP contribution in [0.15, 0.2) is 18.2 Å². The molecule has 0 aliphatic heterocycles. The smallest absolute Gasteiger partial charge is 0.325 e. The summed E-state index contributed by atoms with van der Waals surface area (Å²) in [5.74, 6) is 0.109. The van der Waals surface area contributed by atoms with Crippen LogP contribution < -0.4 is 14.8 Å². The Kier molecular flexibility index (Phi) is 6.11. The van der Waals surface area contributed by atoms with Gasteiger partial charge in [0.25, 0.3) is 0 Å². The van der Waals surface area contributed by atoms with E-state index in [1.54, 1.807) is 32.4 Å². The van der Waals surface area contributed by atoms with Gasteiger partial charge < -0.3 is 19.3 Å². The number of carboxylic acid groups (broad SMARTS) is 1. The minimum atomic E-state index is -0.973. The van der Waals surface area contributed by atoms with E-state index in [1.807, 2.05) is 0 Å². The van der Waals surface area contributed by atoms with Crippen LogP contribution in [-0.2, 0) is 9.53 Å². The Bertz CT molecular complexity index is 421. The van der Waals surface area contributed by atoms with Crippen LogP contribution in [0.2, 0.25) is 0 Å². The summed E-state index contributed by atoms with van der Waals surface area (Å²) in [5, 5.41) is 12.2. The molecule has 6 nitrogen and oxygen atoms in total. The van der Waals surface area contributed by atoms with E-state index in [4.69, 9.17) is 14.2 Å². The van der Waals surface area contributed by atoms with Gasteiger partial charge in [-0.1, -0.05) is 0 Å². The lowest BCUT2D eigenvalue weighted by atomic mass is 10.1. The Balaban J connectivity index is 2.97. The average Bonchev–Trinajstić information content (AvgIpc) is 2.43. The molecule has 0 saturated heterocycles. The van der Waals surface area contributed by atoms with Crippen molar-refractivity contribution in [2.45, 2.75) is 6.04 Å². The van der Waals surface area contributed by atoms with Gasteiger partial charge in [0.2, 0.25) is 0 Å². The highest BCUT2D eigenvalue weighted by Crippen LogP contribution is 2.29. The van der Waals surface area contributed by atoms with Crippen LogP contribution in [0, 0.1) is 0 Å². The molecule has 1 unspecified atom stereocenters. The van der Waals surface area contributed by atoms with E-state index in [-0.39, 0.29) is 0 Å². The van der Waals surface area contributed by atoms with Gasteiger partial charge >= 0.3 is 5.97 Å². The fourth-order valence-corrected chi connectivity index (χ4v) is 1.69. The first-order chi connectivity index (χ1) is 9.13. The number of methoxy groups -OCH3 is 3. The first-order valence-electron chi connectivity index (χ1n) is 5.81. The molecule has 19 heavy (non-hydrogen) atoms. The highest BCUT2D eigenvalue weighted by molar-refractivity contribution is 5.77. The average molecular weight is 269 g/mol. The molecule has 0 amide bonds. The maximum absolute atomic E-state index is 11.3. The molecule has 1 aromatic carbocycles. The zero-order valence-electron chi connectivity index (χ0n) is 11.3. The lowest BCUT2D eigenvalue weighted by Crippen LogP contribution is -2.31. The minimum absolute atomic E-state index is 0.433. The summed E-state index contributed by atoms with van der Waals surface area (Å²) in [5.41, 5.74) is 0.548. The van der Waals surface area contributed by atoms with E-state index in [2.05, 4.69) is 5.32 Å². The molecule has 1 atom stereocenters. The van der Waals surface area contributed by atoms with Crippen molar-refractivity contribution in [1.29, 1.82) is 0 Å². The number of aliphatic carboxylic acids is 1. The van der Waals surface area contributed by atoms with Crippen molar-refractivity contribution in [1.82, 2.24) is 5.32 Å². The molecule has 0 fully saturated rings. The van der Waals surface area contributed by atoms with Gasteiger partial charge in [-0.2, -0.15) is 0 Å². The van der Waals surface area contributed by atoms with Gasteiger partial charge in [0, 0.05) is 25.3 Å². The summed E-state index contributed by atoms with van der Waals surface area (Å²) < 4.78 is 15.2. The van der Waals surface area contributed by atoms with E-state index in [1.165, 1.54) is 7.11 Å². The lowest BCUT2D eigenvalue weighted by Gasteiger charge is -2.18. The predicted octanol–water partition coefficient (Wildman–Crippen LogP) is 1.07. The maximum Gasteiger partial charge on any atom is 0.325 e. The summed E-state index contributed by atoms with van der Waals surface area (Å²) in [6, 6.07) is 4.18. The van der Waals surface area contributed by atoms with Gasteiger partial charge in [-0.25, -0.2) is 0 Å². The van der Waals surface area contributed by atoms with E-state index in [0.717, 1.165) is 0 Å². The molecule has 0 saturated carbocycles. The van der Waals surface area contributed by atoms with E-state index in [9.17, 15) is 9.90 Å². The molecule has 0 spiro atoms. The van der Waals surface area contributed by atoms with E-state index in [0.29, 0.717) is 30.2 Å². The van der Waals surface area contributed by atoms with E-state index < -0.39 is 12.0 Å². The fourth-order valence-electron chi connectivity index (χ4n) is 1.69. The molecule has 1 rings (SSSR count).